The lowest BCUT2D eigenvalue weighted by Crippen LogP contribution is -2.29. The predicted octanol–water partition coefficient (Wildman–Crippen LogP) is 2.87. The Labute approximate surface area is 82.7 Å². The van der Waals surface area contributed by atoms with Gasteiger partial charge < -0.3 is 0 Å². The van der Waals surface area contributed by atoms with Gasteiger partial charge in [0.2, 0.25) is 5.91 Å². The van der Waals surface area contributed by atoms with E-state index in [9.17, 15) is 4.79 Å². The maximum absolute atomic E-state index is 11.0. The molecule has 1 aliphatic rings. The van der Waals surface area contributed by atoms with Gasteiger partial charge in [-0.2, -0.15) is 0 Å². The fraction of sp³-hybridized carbons (Fsp3) is 0.889. The molecule has 0 radical (unpaired) electrons. The van der Waals surface area contributed by atoms with Crippen LogP contribution in [-0.4, -0.2) is 15.9 Å². The van der Waals surface area contributed by atoms with Crippen LogP contribution in [-0.2, 0) is 4.79 Å². The average molecular weight is 234 g/mol. The molecule has 0 aromatic heterocycles. The SMILES string of the molecule is CC(=O)N(Br)C1CCCCCC1. The fourth-order valence-electron chi connectivity index (χ4n) is 1.74. The number of halogens is 1. The largest absolute Gasteiger partial charge is 0.276 e. The van der Waals surface area contributed by atoms with E-state index in [0.717, 1.165) is 12.8 Å². The van der Waals surface area contributed by atoms with Gasteiger partial charge in [-0.25, -0.2) is 0 Å². The summed E-state index contributed by atoms with van der Waals surface area (Å²) in [6.07, 6.45) is 7.50. The van der Waals surface area contributed by atoms with E-state index in [2.05, 4.69) is 16.1 Å². The Kier molecular flexibility index (Phi) is 4.06. The maximum atomic E-state index is 11.0. The molecule has 3 heteroatoms. The van der Waals surface area contributed by atoms with Crippen LogP contribution in [0.4, 0.5) is 0 Å². The zero-order valence-electron chi connectivity index (χ0n) is 7.55. The number of hydrogen-bond acceptors (Lipinski definition) is 1. The molecule has 2 nitrogen and oxygen atoms in total. The van der Waals surface area contributed by atoms with E-state index in [-0.39, 0.29) is 5.91 Å². The topological polar surface area (TPSA) is 20.3 Å². The highest BCUT2D eigenvalue weighted by molar-refractivity contribution is 9.07. The molecule has 0 spiro atoms. The number of carbonyl (C=O) groups excluding carboxylic acids is 1. The lowest BCUT2D eigenvalue weighted by atomic mass is 10.1. The molecule has 12 heavy (non-hydrogen) atoms. The van der Waals surface area contributed by atoms with Gasteiger partial charge in [0.1, 0.15) is 0 Å². The lowest BCUT2D eigenvalue weighted by Gasteiger charge is -2.23. The lowest BCUT2D eigenvalue weighted by molar-refractivity contribution is -0.125. The van der Waals surface area contributed by atoms with Crippen molar-refractivity contribution in [3.05, 3.63) is 0 Å². The number of nitrogens with zero attached hydrogens (tertiary/aromatic N) is 1. The van der Waals surface area contributed by atoms with Gasteiger partial charge in [-0.15, -0.1) is 0 Å². The third-order valence-electron chi connectivity index (χ3n) is 2.45. The summed E-state index contributed by atoms with van der Waals surface area (Å²) in [6, 6.07) is 0.435. The third kappa shape index (κ3) is 2.77. The van der Waals surface area contributed by atoms with Gasteiger partial charge in [0.15, 0.2) is 0 Å². The number of amides is 1. The third-order valence-corrected chi connectivity index (χ3v) is 3.52. The molecule has 0 atom stereocenters. The Balaban J connectivity index is 2.42. The van der Waals surface area contributed by atoms with Crippen LogP contribution in [0, 0.1) is 0 Å². The summed E-state index contributed by atoms with van der Waals surface area (Å²) in [5, 5.41) is 0. The molecule has 0 bridgehead atoms. The Morgan fingerprint density at radius 1 is 1.25 bits per heavy atom. The molecule has 1 amide bonds. The monoisotopic (exact) mass is 233 g/mol. The van der Waals surface area contributed by atoms with Crippen LogP contribution >= 0.6 is 16.1 Å². The van der Waals surface area contributed by atoms with Gasteiger partial charge in [0.05, 0.1) is 16.1 Å². The minimum absolute atomic E-state index is 0.127. The second-order valence-corrected chi connectivity index (χ2v) is 4.24. The number of rotatable bonds is 1. The first-order chi connectivity index (χ1) is 5.72. The summed E-state index contributed by atoms with van der Waals surface area (Å²) in [6.45, 7) is 1.61. The molecule has 0 saturated heterocycles. The first-order valence-electron chi connectivity index (χ1n) is 4.67. The van der Waals surface area contributed by atoms with Crippen LogP contribution < -0.4 is 0 Å². The minimum Gasteiger partial charge on any atom is -0.276 e. The van der Waals surface area contributed by atoms with Gasteiger partial charge in [0.25, 0.3) is 0 Å². The van der Waals surface area contributed by atoms with Crippen molar-refractivity contribution in [1.29, 1.82) is 0 Å². The number of carbonyl (C=O) groups is 1. The highest BCUT2D eigenvalue weighted by Crippen LogP contribution is 2.23. The van der Waals surface area contributed by atoms with Crippen molar-refractivity contribution in [2.75, 3.05) is 0 Å². The molecule has 1 fully saturated rings. The van der Waals surface area contributed by atoms with Crippen LogP contribution in [0.5, 0.6) is 0 Å². The standard InChI is InChI=1S/C9H16BrNO/c1-8(12)11(10)9-6-4-2-3-5-7-9/h9H,2-7H2,1H3. The quantitative estimate of drug-likeness (QED) is 0.504. The predicted molar refractivity (Wildman–Crippen MR) is 52.9 cm³/mol. The Bertz CT molecular complexity index is 153. The molecule has 0 aromatic carbocycles. The molecule has 70 valence electrons. The fourth-order valence-corrected chi connectivity index (χ4v) is 2.15. The van der Waals surface area contributed by atoms with Crippen molar-refractivity contribution in [2.24, 2.45) is 0 Å². The van der Waals surface area contributed by atoms with E-state index in [1.807, 2.05) is 0 Å². The van der Waals surface area contributed by atoms with Crippen molar-refractivity contribution in [3.63, 3.8) is 0 Å². The van der Waals surface area contributed by atoms with Crippen molar-refractivity contribution < 1.29 is 4.79 Å². The molecule has 0 unspecified atom stereocenters. The Hall–Kier alpha value is -0.0500. The van der Waals surface area contributed by atoms with Crippen LogP contribution in [0.2, 0.25) is 0 Å². The summed E-state index contributed by atoms with van der Waals surface area (Å²) in [4.78, 5) is 11.0. The first-order valence-corrected chi connectivity index (χ1v) is 5.38. The molecule has 0 aliphatic heterocycles. The summed E-state index contributed by atoms with van der Waals surface area (Å²) in [7, 11) is 0. The minimum atomic E-state index is 0.127. The van der Waals surface area contributed by atoms with E-state index in [4.69, 9.17) is 0 Å². The van der Waals surface area contributed by atoms with Gasteiger partial charge >= 0.3 is 0 Å². The normalized spacial score (nSPS) is 20.2. The van der Waals surface area contributed by atoms with E-state index in [1.54, 1.807) is 10.8 Å². The van der Waals surface area contributed by atoms with Gasteiger partial charge in [-0.1, -0.05) is 25.7 Å². The Morgan fingerprint density at radius 3 is 2.17 bits per heavy atom. The molecule has 0 N–H and O–H groups in total. The van der Waals surface area contributed by atoms with E-state index in [1.165, 1.54) is 25.7 Å². The molecular formula is C9H16BrNO. The second-order valence-electron chi connectivity index (χ2n) is 3.48. The summed E-state index contributed by atoms with van der Waals surface area (Å²) in [5.74, 6) is 0.127. The Morgan fingerprint density at radius 2 is 1.75 bits per heavy atom. The van der Waals surface area contributed by atoms with Crippen molar-refractivity contribution >= 4 is 22.1 Å². The molecule has 1 saturated carbocycles. The second kappa shape index (κ2) is 4.85. The first kappa shape index (κ1) is 10.0. The van der Waals surface area contributed by atoms with Crippen molar-refractivity contribution in [1.82, 2.24) is 3.93 Å². The average Bonchev–Trinajstić information content (AvgIpc) is 2.30. The number of hydrogen-bond donors (Lipinski definition) is 0. The smallest absolute Gasteiger partial charge is 0.229 e. The highest BCUT2D eigenvalue weighted by atomic mass is 79.9. The van der Waals surface area contributed by atoms with Gasteiger partial charge in [0, 0.05) is 13.0 Å². The summed E-state index contributed by atoms with van der Waals surface area (Å²) < 4.78 is 1.72. The zero-order valence-corrected chi connectivity index (χ0v) is 9.14. The highest BCUT2D eigenvalue weighted by Gasteiger charge is 2.19. The van der Waals surface area contributed by atoms with Crippen LogP contribution in [0.3, 0.4) is 0 Å². The van der Waals surface area contributed by atoms with Crippen molar-refractivity contribution in [2.45, 2.75) is 51.5 Å². The molecule has 0 aromatic rings. The van der Waals surface area contributed by atoms with E-state index in [0.29, 0.717) is 6.04 Å². The maximum Gasteiger partial charge on any atom is 0.229 e. The van der Waals surface area contributed by atoms with Gasteiger partial charge in [-0.3, -0.25) is 8.72 Å². The van der Waals surface area contributed by atoms with E-state index >= 15 is 0 Å². The van der Waals surface area contributed by atoms with Crippen LogP contribution in [0.25, 0.3) is 0 Å². The van der Waals surface area contributed by atoms with Crippen LogP contribution in [0.1, 0.15) is 45.4 Å². The summed E-state index contributed by atoms with van der Waals surface area (Å²) >= 11 is 3.32. The van der Waals surface area contributed by atoms with Crippen molar-refractivity contribution in [3.8, 4) is 0 Å². The van der Waals surface area contributed by atoms with Gasteiger partial charge in [-0.05, 0) is 12.8 Å². The molecular weight excluding hydrogens is 218 g/mol. The molecule has 0 heterocycles. The zero-order chi connectivity index (χ0) is 8.97. The molecule has 1 rings (SSSR count). The van der Waals surface area contributed by atoms with E-state index < -0.39 is 0 Å². The molecule has 1 aliphatic carbocycles. The summed E-state index contributed by atoms with van der Waals surface area (Å²) in [5.41, 5.74) is 0. The van der Waals surface area contributed by atoms with Crippen LogP contribution in [0.15, 0.2) is 0 Å².